The summed E-state index contributed by atoms with van der Waals surface area (Å²) in [6.07, 6.45) is -1.88. The summed E-state index contributed by atoms with van der Waals surface area (Å²) in [5.74, 6) is 0. The Bertz CT molecular complexity index is 1410. The Morgan fingerprint density at radius 1 is 0.388 bits per heavy atom. The van der Waals surface area contributed by atoms with E-state index in [2.05, 4.69) is 50.5 Å². The van der Waals surface area contributed by atoms with Gasteiger partial charge in [-0.15, -0.1) is 0 Å². The van der Waals surface area contributed by atoms with Crippen molar-refractivity contribution in [3.63, 3.8) is 0 Å². The van der Waals surface area contributed by atoms with Crippen LogP contribution in [0.25, 0.3) is 0 Å². The molecule has 0 saturated carbocycles. The van der Waals surface area contributed by atoms with Crippen LogP contribution in [0.15, 0.2) is 121 Å². The molecule has 0 amide bonds. The van der Waals surface area contributed by atoms with Crippen LogP contribution < -0.4 is 0 Å². The summed E-state index contributed by atoms with van der Waals surface area (Å²) < 4.78 is 26.8. The molecule has 0 aliphatic carbocycles. The molecule has 0 bridgehead atoms. The van der Waals surface area contributed by atoms with Gasteiger partial charge in [0.2, 0.25) is 17.5 Å². The highest BCUT2D eigenvalue weighted by Crippen LogP contribution is 2.47. The van der Waals surface area contributed by atoms with Crippen molar-refractivity contribution in [1.29, 1.82) is 0 Å². The van der Waals surface area contributed by atoms with Crippen LogP contribution in [-0.2, 0) is 44.6 Å². The molecule has 0 heterocycles. The number of rotatable bonds is 16. The highest BCUT2D eigenvalue weighted by atomic mass is 32.1. The first kappa shape index (κ1) is 39.6. The van der Waals surface area contributed by atoms with Crippen molar-refractivity contribution in [2.24, 2.45) is 5.41 Å². The lowest BCUT2D eigenvalue weighted by molar-refractivity contribution is -0.172. The third-order valence-corrected chi connectivity index (χ3v) is 9.07. The Labute approximate surface area is 332 Å². The molecule has 4 atom stereocenters. The predicted molar refractivity (Wildman–Crippen MR) is 229 cm³/mol. The number of hydrogen-bond donors (Lipinski definition) is 4. The van der Waals surface area contributed by atoms with Gasteiger partial charge in [-0.25, -0.2) is 0 Å². The summed E-state index contributed by atoms with van der Waals surface area (Å²) in [6.45, 7) is 0. The summed E-state index contributed by atoms with van der Waals surface area (Å²) in [6, 6.07) is 39.7. The largest absolute Gasteiger partial charge is 0.474 e. The molecule has 0 aromatic heterocycles. The minimum absolute atomic E-state index is 0.0241. The average Bonchev–Trinajstić information content (AvgIpc) is 3.06. The standard InChI is InChI=1S/C37H36O4S8/c42-33(43)38-29(21-25-13-5-1-6-14-25)37(30(39-34(44)45)22-26-15-7-2-8-16-26,31(40-35(46)47)23-27-17-9-3-10-18-27)32(41-36(48)49)24-28-19-11-4-12-20-28/h1-20,29-32H,21-24H2,(H,42,43)(H,44,45)(H,46,47)(H,48,49). The van der Waals surface area contributed by atoms with Gasteiger partial charge in [0.25, 0.3) is 0 Å². The lowest BCUT2D eigenvalue weighted by Gasteiger charge is -2.52. The van der Waals surface area contributed by atoms with E-state index in [1.807, 2.05) is 121 Å². The zero-order valence-corrected chi connectivity index (χ0v) is 33.1. The van der Waals surface area contributed by atoms with Crippen LogP contribution in [-0.4, -0.2) is 41.9 Å². The molecule has 4 nitrogen and oxygen atoms in total. The molecule has 4 aromatic rings. The highest BCUT2D eigenvalue weighted by molar-refractivity contribution is 8.11. The molecule has 0 radical (unpaired) electrons. The van der Waals surface area contributed by atoms with E-state index < -0.39 is 29.8 Å². The first-order valence-corrected chi connectivity index (χ1v) is 18.7. The van der Waals surface area contributed by atoms with Gasteiger partial charge in [0.1, 0.15) is 29.8 Å². The van der Waals surface area contributed by atoms with E-state index in [9.17, 15) is 0 Å². The molecule has 0 N–H and O–H groups in total. The summed E-state index contributed by atoms with van der Waals surface area (Å²) in [5.41, 5.74) is 2.54. The molecule has 49 heavy (non-hydrogen) atoms. The average molecular weight is 801 g/mol. The third-order valence-electron chi connectivity index (χ3n) is 8.26. The van der Waals surface area contributed by atoms with E-state index in [1.54, 1.807) is 0 Å². The van der Waals surface area contributed by atoms with E-state index in [1.165, 1.54) is 0 Å². The number of ether oxygens (including phenoxy) is 4. The normalized spacial score (nSPS) is 14.6. The smallest absolute Gasteiger partial charge is 0.217 e. The zero-order valence-electron chi connectivity index (χ0n) is 26.2. The van der Waals surface area contributed by atoms with E-state index in [-0.39, 0.29) is 17.5 Å². The van der Waals surface area contributed by atoms with Gasteiger partial charge in [0.05, 0.1) is 0 Å². The highest BCUT2D eigenvalue weighted by Gasteiger charge is 2.62. The summed E-state index contributed by atoms with van der Waals surface area (Å²) in [4.78, 5) is 0. The Hall–Kier alpha value is -2.16. The summed E-state index contributed by atoms with van der Waals surface area (Å²) >= 11 is 40.3. The Kier molecular flexibility index (Phi) is 16.2. The fourth-order valence-electron chi connectivity index (χ4n) is 6.33. The zero-order chi connectivity index (χ0) is 35.2. The number of benzene rings is 4. The van der Waals surface area contributed by atoms with Crippen molar-refractivity contribution in [2.45, 2.75) is 50.1 Å². The van der Waals surface area contributed by atoms with Gasteiger partial charge in [-0.3, -0.25) is 0 Å². The fourth-order valence-corrected chi connectivity index (χ4v) is 7.30. The van der Waals surface area contributed by atoms with Gasteiger partial charge in [0.15, 0.2) is 0 Å². The molecule has 0 aliphatic heterocycles. The lowest BCUT2D eigenvalue weighted by Crippen LogP contribution is -2.65. The van der Waals surface area contributed by atoms with E-state index in [0.717, 1.165) is 22.3 Å². The van der Waals surface area contributed by atoms with Gasteiger partial charge in [0, 0.05) is 25.7 Å². The topological polar surface area (TPSA) is 36.9 Å². The van der Waals surface area contributed by atoms with Crippen molar-refractivity contribution in [2.75, 3.05) is 0 Å². The van der Waals surface area contributed by atoms with Crippen LogP contribution in [0.3, 0.4) is 0 Å². The van der Waals surface area contributed by atoms with Crippen LogP contribution in [0.4, 0.5) is 0 Å². The quantitative estimate of drug-likeness (QED) is 0.0661. The summed E-state index contributed by atoms with van der Waals surface area (Å²) in [7, 11) is 0. The molecule has 12 heteroatoms. The number of hydrogen-bond acceptors (Lipinski definition) is 8. The fraction of sp³-hybridized carbons (Fsp3) is 0.243. The molecule has 4 unspecified atom stereocenters. The van der Waals surface area contributed by atoms with Crippen LogP contribution >= 0.6 is 99.4 Å². The maximum absolute atomic E-state index is 6.67. The van der Waals surface area contributed by atoms with Gasteiger partial charge in [-0.2, -0.15) is 0 Å². The second-order valence-electron chi connectivity index (χ2n) is 11.2. The van der Waals surface area contributed by atoms with Crippen molar-refractivity contribution in [3.05, 3.63) is 144 Å². The Morgan fingerprint density at radius 3 is 0.735 bits per heavy atom. The second kappa shape index (κ2) is 20.0. The van der Waals surface area contributed by atoms with Gasteiger partial charge in [-0.1, -0.05) is 172 Å². The number of thiol groups is 4. The van der Waals surface area contributed by atoms with Crippen LogP contribution in [0.2, 0.25) is 0 Å². The SMILES string of the molecule is S=C(S)OC(Cc1ccccc1)C(C(Cc1ccccc1)OC(=S)S)(C(Cc1ccccc1)OC(=S)S)C(Cc1ccccc1)OC(=S)S. The third kappa shape index (κ3) is 12.0. The molecule has 0 saturated heterocycles. The van der Waals surface area contributed by atoms with Crippen molar-refractivity contribution < 1.29 is 18.9 Å². The van der Waals surface area contributed by atoms with Crippen LogP contribution in [0, 0.1) is 5.41 Å². The first-order valence-electron chi connectivity index (χ1n) is 15.3. The number of thiocarbonyl (C=S) groups is 4. The minimum Gasteiger partial charge on any atom is -0.474 e. The lowest BCUT2D eigenvalue weighted by atomic mass is 9.62. The molecule has 256 valence electrons. The van der Waals surface area contributed by atoms with E-state index in [4.69, 9.17) is 67.8 Å². The minimum atomic E-state index is -1.32. The molecular formula is C37H36O4S8. The van der Waals surface area contributed by atoms with Crippen LogP contribution in [0.5, 0.6) is 0 Å². The molecule has 0 fully saturated rings. The first-order chi connectivity index (χ1) is 23.6. The van der Waals surface area contributed by atoms with Gasteiger partial charge >= 0.3 is 0 Å². The van der Waals surface area contributed by atoms with E-state index in [0.29, 0.717) is 25.7 Å². The van der Waals surface area contributed by atoms with Crippen molar-refractivity contribution in [3.8, 4) is 0 Å². The molecule has 0 aliphatic rings. The van der Waals surface area contributed by atoms with Gasteiger partial charge < -0.3 is 18.9 Å². The van der Waals surface area contributed by atoms with Crippen LogP contribution in [0.1, 0.15) is 22.3 Å². The Balaban J connectivity index is 2.14. The maximum Gasteiger partial charge on any atom is 0.217 e. The Morgan fingerprint density at radius 2 is 0.571 bits per heavy atom. The second-order valence-corrected chi connectivity index (χ2v) is 15.6. The summed E-state index contributed by atoms with van der Waals surface area (Å²) in [5, 5.41) is 0. The van der Waals surface area contributed by atoms with Crippen molar-refractivity contribution >= 4 is 117 Å². The van der Waals surface area contributed by atoms with Gasteiger partial charge in [-0.05, 0) is 71.1 Å². The molecular weight excluding hydrogens is 765 g/mol. The molecule has 4 rings (SSSR count). The predicted octanol–water partition coefficient (Wildman–Crippen LogP) is 9.34. The van der Waals surface area contributed by atoms with E-state index >= 15 is 0 Å². The monoisotopic (exact) mass is 800 g/mol. The molecule has 0 spiro atoms. The van der Waals surface area contributed by atoms with Crippen molar-refractivity contribution in [1.82, 2.24) is 0 Å². The maximum atomic E-state index is 6.67. The molecule has 4 aromatic carbocycles.